The second kappa shape index (κ2) is 10.9. The summed E-state index contributed by atoms with van der Waals surface area (Å²) < 4.78 is 17.8. The lowest BCUT2D eigenvalue weighted by molar-refractivity contribution is -0.150. The third-order valence-electron chi connectivity index (χ3n) is 2.24. The normalized spacial score (nSPS) is 16.5. The molecular weight excluding hydrogens is 320 g/mol. The van der Waals surface area contributed by atoms with Gasteiger partial charge in [-0.2, -0.15) is 0 Å². The van der Waals surface area contributed by atoms with Crippen LogP contribution in [0.5, 0.6) is 0 Å². The monoisotopic (exact) mass is 340 g/mol. The van der Waals surface area contributed by atoms with Gasteiger partial charge in [0.15, 0.2) is 0 Å². The molecule has 2 heterocycles. The van der Waals surface area contributed by atoms with Crippen molar-refractivity contribution >= 4 is 23.9 Å². The number of carbonyl (C=O) groups excluding carboxylic acids is 4. The largest absolute Gasteiger partial charge is 0.466 e. The first-order valence-electron chi connectivity index (χ1n) is 6.79. The van der Waals surface area contributed by atoms with E-state index in [9.17, 15) is 19.2 Å². The van der Waals surface area contributed by atoms with Crippen LogP contribution in [0.4, 0.5) is 0 Å². The van der Waals surface area contributed by atoms with E-state index in [1.165, 1.54) is 7.11 Å². The van der Waals surface area contributed by atoms with Crippen LogP contribution in [-0.2, 0) is 38.1 Å². The zero-order valence-electron chi connectivity index (χ0n) is 13.8. The molecule has 0 bridgehead atoms. The highest BCUT2D eigenvalue weighted by Gasteiger charge is 2.24. The van der Waals surface area contributed by atoms with Crippen molar-refractivity contribution in [2.45, 2.75) is 20.0 Å². The molecule has 8 heteroatoms. The molecule has 0 amide bonds. The zero-order chi connectivity index (χ0) is 18.7. The molecule has 0 saturated carbocycles. The Morgan fingerprint density at radius 1 is 1.12 bits per heavy atom. The van der Waals surface area contributed by atoms with Gasteiger partial charge in [-0.15, -0.1) is 0 Å². The molecule has 0 spiro atoms. The summed E-state index contributed by atoms with van der Waals surface area (Å²) in [5.74, 6) is -1.84. The molecule has 8 nitrogen and oxygen atoms in total. The Bertz CT molecular complexity index is 538. The number of rotatable bonds is 4. The van der Waals surface area contributed by atoms with Gasteiger partial charge in [0.25, 0.3) is 0 Å². The average Bonchev–Trinajstić information content (AvgIpc) is 3.28. The van der Waals surface area contributed by atoms with Gasteiger partial charge in [-0.25, -0.2) is 19.2 Å². The summed E-state index contributed by atoms with van der Waals surface area (Å²) in [5, 5.41) is 0. The molecule has 2 aliphatic heterocycles. The maximum Gasteiger partial charge on any atom is 0.338 e. The summed E-state index contributed by atoms with van der Waals surface area (Å²) in [4.78, 5) is 40.7. The van der Waals surface area contributed by atoms with Gasteiger partial charge in [-0.05, 0) is 13.8 Å². The van der Waals surface area contributed by atoms with Gasteiger partial charge in [0.1, 0.15) is 12.7 Å². The van der Waals surface area contributed by atoms with Crippen LogP contribution in [-0.4, -0.2) is 50.3 Å². The smallest absolute Gasteiger partial charge is 0.338 e. The lowest BCUT2D eigenvalue weighted by Gasteiger charge is -1.99. The van der Waals surface area contributed by atoms with Crippen molar-refractivity contribution in [1.29, 1.82) is 0 Å². The molecule has 0 aromatic heterocycles. The Kier molecular flexibility index (Phi) is 9.65. The van der Waals surface area contributed by atoms with E-state index >= 15 is 0 Å². The fourth-order valence-electron chi connectivity index (χ4n) is 0.934. The molecule has 1 unspecified atom stereocenters. The SMILES string of the molecule is C=C(C)C(=O)OC.C=C(C)C(=O)OCC1CO1.O=C1C=CC(=O)O1. The molecule has 1 saturated heterocycles. The molecule has 0 N–H and O–H groups in total. The van der Waals surface area contributed by atoms with Crippen LogP contribution in [0.15, 0.2) is 36.5 Å². The molecule has 0 aromatic rings. The van der Waals surface area contributed by atoms with Crippen molar-refractivity contribution in [2.24, 2.45) is 0 Å². The minimum atomic E-state index is -0.579. The van der Waals surface area contributed by atoms with E-state index in [0.29, 0.717) is 24.4 Å². The van der Waals surface area contributed by atoms with Crippen LogP contribution in [0.1, 0.15) is 13.8 Å². The number of hydrogen-bond donors (Lipinski definition) is 0. The molecule has 1 atom stereocenters. The molecule has 2 aliphatic rings. The Labute approximate surface area is 139 Å². The Morgan fingerprint density at radius 3 is 1.79 bits per heavy atom. The van der Waals surface area contributed by atoms with Gasteiger partial charge in [0.05, 0.1) is 13.7 Å². The topological polar surface area (TPSA) is 109 Å². The fraction of sp³-hybridized carbons (Fsp3) is 0.375. The Hall–Kier alpha value is -2.74. The first-order valence-corrected chi connectivity index (χ1v) is 6.79. The molecule has 1 fully saturated rings. The summed E-state index contributed by atoms with van der Waals surface area (Å²) >= 11 is 0. The van der Waals surface area contributed by atoms with E-state index < -0.39 is 11.9 Å². The van der Waals surface area contributed by atoms with E-state index in [-0.39, 0.29) is 18.0 Å². The van der Waals surface area contributed by atoms with Gasteiger partial charge in [0.2, 0.25) is 0 Å². The number of epoxide rings is 1. The van der Waals surface area contributed by atoms with Gasteiger partial charge in [-0.1, -0.05) is 13.2 Å². The number of carbonyl (C=O) groups is 4. The summed E-state index contributed by atoms with van der Waals surface area (Å²) in [5.41, 5.74) is 0.864. The summed E-state index contributed by atoms with van der Waals surface area (Å²) in [6, 6.07) is 0. The third-order valence-corrected chi connectivity index (χ3v) is 2.24. The van der Waals surface area contributed by atoms with E-state index in [0.717, 1.165) is 12.2 Å². The molecule has 2 rings (SSSR count). The first kappa shape index (κ1) is 21.3. The minimum absolute atomic E-state index is 0.142. The second-order valence-corrected chi connectivity index (χ2v) is 4.68. The number of esters is 4. The van der Waals surface area contributed by atoms with Crippen molar-refractivity contribution < 1.29 is 38.1 Å². The van der Waals surface area contributed by atoms with Crippen molar-refractivity contribution in [1.82, 2.24) is 0 Å². The van der Waals surface area contributed by atoms with Crippen molar-refractivity contribution in [3.8, 4) is 0 Å². The summed E-state index contributed by atoms with van der Waals surface area (Å²) in [6.07, 6.45) is 2.31. The van der Waals surface area contributed by atoms with Crippen LogP contribution < -0.4 is 0 Å². The lowest BCUT2D eigenvalue weighted by Crippen LogP contribution is -2.09. The van der Waals surface area contributed by atoms with E-state index in [1.807, 2.05) is 0 Å². The van der Waals surface area contributed by atoms with Crippen LogP contribution in [0.25, 0.3) is 0 Å². The van der Waals surface area contributed by atoms with E-state index in [4.69, 9.17) is 9.47 Å². The quantitative estimate of drug-likeness (QED) is 0.244. The predicted octanol–water partition coefficient (Wildman–Crippen LogP) is 0.866. The van der Waals surface area contributed by atoms with Crippen molar-refractivity contribution in [3.05, 3.63) is 36.5 Å². The third kappa shape index (κ3) is 10.9. The van der Waals surface area contributed by atoms with Crippen molar-refractivity contribution in [3.63, 3.8) is 0 Å². The summed E-state index contributed by atoms with van der Waals surface area (Å²) in [7, 11) is 1.33. The number of methoxy groups -OCH3 is 1. The molecule has 0 radical (unpaired) electrons. The van der Waals surface area contributed by atoms with Gasteiger partial charge < -0.3 is 18.9 Å². The maximum absolute atomic E-state index is 10.7. The van der Waals surface area contributed by atoms with Gasteiger partial charge in [-0.3, -0.25) is 0 Å². The summed E-state index contributed by atoms with van der Waals surface area (Å²) in [6.45, 7) is 11.1. The molecular formula is C16H20O8. The van der Waals surface area contributed by atoms with Crippen LogP contribution in [0.3, 0.4) is 0 Å². The number of ether oxygens (including phenoxy) is 4. The minimum Gasteiger partial charge on any atom is -0.466 e. The number of cyclic esters (lactones) is 2. The Balaban J connectivity index is 0.000000340. The molecule has 132 valence electrons. The van der Waals surface area contributed by atoms with Crippen molar-refractivity contribution in [2.75, 3.05) is 20.3 Å². The second-order valence-electron chi connectivity index (χ2n) is 4.68. The fourth-order valence-corrected chi connectivity index (χ4v) is 0.934. The first-order chi connectivity index (χ1) is 11.2. The molecule has 0 aliphatic carbocycles. The highest BCUT2D eigenvalue weighted by molar-refractivity contribution is 6.04. The van der Waals surface area contributed by atoms with E-state index in [2.05, 4.69) is 22.6 Å². The maximum atomic E-state index is 10.7. The highest BCUT2D eigenvalue weighted by Crippen LogP contribution is 2.09. The van der Waals surface area contributed by atoms with Crippen LogP contribution >= 0.6 is 0 Å². The van der Waals surface area contributed by atoms with Gasteiger partial charge in [0, 0.05) is 23.3 Å². The predicted molar refractivity (Wildman–Crippen MR) is 82.6 cm³/mol. The van der Waals surface area contributed by atoms with Crippen LogP contribution in [0.2, 0.25) is 0 Å². The Morgan fingerprint density at radius 2 is 1.58 bits per heavy atom. The average molecular weight is 340 g/mol. The highest BCUT2D eigenvalue weighted by atomic mass is 16.6. The number of hydrogen-bond acceptors (Lipinski definition) is 8. The van der Waals surface area contributed by atoms with E-state index in [1.54, 1.807) is 13.8 Å². The standard InChI is InChI=1S/C7H10O3.C5H8O2.C4H2O3/c1-5(2)7(8)10-4-6-3-9-6;1-4(2)5(6)7-3;5-3-1-2-4(6)7-3/h6H,1,3-4H2,2H3;1H2,2-3H3;1-2H. The lowest BCUT2D eigenvalue weighted by atomic mass is 10.4. The van der Waals surface area contributed by atoms with Crippen LogP contribution in [0, 0.1) is 0 Å². The zero-order valence-corrected chi connectivity index (χ0v) is 13.8. The molecule has 0 aromatic carbocycles. The van der Waals surface area contributed by atoms with Gasteiger partial charge >= 0.3 is 23.9 Å². The molecule has 24 heavy (non-hydrogen) atoms.